The summed E-state index contributed by atoms with van der Waals surface area (Å²) in [6, 6.07) is 2.39. The monoisotopic (exact) mass is 239 g/mol. The minimum atomic E-state index is 0.430. The van der Waals surface area contributed by atoms with Crippen molar-refractivity contribution in [3.8, 4) is 5.75 Å². The summed E-state index contributed by atoms with van der Waals surface area (Å²) in [5.74, 6) is 7.15. The number of hydrogen-bond donors (Lipinski definition) is 2. The quantitative estimate of drug-likeness (QED) is 0.366. The molecule has 0 spiro atoms. The van der Waals surface area contributed by atoms with E-state index >= 15 is 0 Å². The summed E-state index contributed by atoms with van der Waals surface area (Å²) in [5, 5.41) is 1.96. The third kappa shape index (κ3) is 2.54. The second-order valence-corrected chi connectivity index (χ2v) is 4.82. The molecule has 0 unspecified atom stereocenters. The van der Waals surface area contributed by atoms with Gasteiger partial charge >= 0.3 is 0 Å². The van der Waals surface area contributed by atoms with Crippen LogP contribution in [0.3, 0.4) is 0 Å². The Morgan fingerprint density at radius 1 is 1.56 bits per heavy atom. The maximum absolute atomic E-state index is 5.52. The third-order valence-corrected chi connectivity index (χ3v) is 3.73. The van der Waals surface area contributed by atoms with Gasteiger partial charge in [-0.3, -0.25) is 4.99 Å². The van der Waals surface area contributed by atoms with E-state index in [2.05, 4.69) is 10.4 Å². The Balaban J connectivity index is 2.14. The molecule has 1 heterocycles. The van der Waals surface area contributed by atoms with Crippen LogP contribution >= 0.6 is 11.3 Å². The summed E-state index contributed by atoms with van der Waals surface area (Å²) in [6.07, 6.45) is 4.90. The predicted molar refractivity (Wildman–Crippen MR) is 67.0 cm³/mol. The fourth-order valence-electron chi connectivity index (χ4n) is 1.94. The van der Waals surface area contributed by atoms with Crippen LogP contribution in [0.15, 0.2) is 16.4 Å². The molecule has 0 radical (unpaired) electrons. The van der Waals surface area contributed by atoms with E-state index in [-0.39, 0.29) is 0 Å². The number of rotatable bonds is 3. The molecule has 1 aliphatic rings. The third-order valence-electron chi connectivity index (χ3n) is 2.82. The molecule has 0 bridgehead atoms. The van der Waals surface area contributed by atoms with E-state index in [1.54, 1.807) is 18.4 Å². The minimum Gasteiger partial charge on any atom is -0.496 e. The first-order valence-electron chi connectivity index (χ1n) is 5.51. The first kappa shape index (κ1) is 11.4. The Morgan fingerprint density at radius 3 is 2.88 bits per heavy atom. The summed E-state index contributed by atoms with van der Waals surface area (Å²) >= 11 is 1.59. The van der Waals surface area contributed by atoms with Crippen LogP contribution in [0.4, 0.5) is 0 Å². The van der Waals surface area contributed by atoms with Gasteiger partial charge in [-0.25, -0.2) is 5.84 Å². The largest absolute Gasteiger partial charge is 0.496 e. The smallest absolute Gasteiger partial charge is 0.153 e. The molecule has 0 saturated heterocycles. The maximum Gasteiger partial charge on any atom is 0.153 e. The summed E-state index contributed by atoms with van der Waals surface area (Å²) in [4.78, 5) is 5.68. The summed E-state index contributed by atoms with van der Waals surface area (Å²) in [5.41, 5.74) is 2.69. The van der Waals surface area contributed by atoms with Gasteiger partial charge < -0.3 is 10.2 Å². The summed E-state index contributed by atoms with van der Waals surface area (Å²) in [6.45, 7) is 0. The number of hydrogen-bond acceptors (Lipinski definition) is 4. The number of hydrazine groups is 1. The van der Waals surface area contributed by atoms with E-state index < -0.39 is 0 Å². The number of methoxy groups -OCH3 is 1. The van der Waals surface area contributed by atoms with Gasteiger partial charge in [-0.05, 0) is 12.8 Å². The Kier molecular flexibility index (Phi) is 3.79. The molecule has 5 heteroatoms. The Hall–Kier alpha value is -1.07. The number of nitrogens with two attached hydrogens (primary N) is 1. The van der Waals surface area contributed by atoms with Crippen molar-refractivity contribution in [3.63, 3.8) is 0 Å². The van der Waals surface area contributed by atoms with E-state index in [0.29, 0.717) is 6.04 Å². The van der Waals surface area contributed by atoms with E-state index in [4.69, 9.17) is 10.6 Å². The highest BCUT2D eigenvalue weighted by atomic mass is 32.1. The molecular weight excluding hydrogens is 222 g/mol. The number of nitrogens with zero attached hydrogens (tertiary/aromatic N) is 1. The number of aliphatic imine (C=N–C) groups is 1. The molecule has 1 aliphatic carbocycles. The van der Waals surface area contributed by atoms with E-state index in [9.17, 15) is 0 Å². The van der Waals surface area contributed by atoms with Gasteiger partial charge in [0.25, 0.3) is 0 Å². The van der Waals surface area contributed by atoms with Crippen LogP contribution in [0, 0.1) is 0 Å². The van der Waals surface area contributed by atoms with Crippen LogP contribution < -0.4 is 16.0 Å². The SMILES string of the molecule is COc1csc(C(=NC2CCCC2)NN)c1. The lowest BCUT2D eigenvalue weighted by molar-refractivity contribution is 0.416. The van der Waals surface area contributed by atoms with Gasteiger partial charge in [0.15, 0.2) is 5.84 Å². The molecule has 0 amide bonds. The van der Waals surface area contributed by atoms with Gasteiger partial charge in [0.1, 0.15) is 5.75 Å². The van der Waals surface area contributed by atoms with Gasteiger partial charge in [0.2, 0.25) is 0 Å². The van der Waals surface area contributed by atoms with E-state index in [0.717, 1.165) is 16.5 Å². The van der Waals surface area contributed by atoms with Gasteiger partial charge in [0, 0.05) is 11.4 Å². The van der Waals surface area contributed by atoms with Crippen molar-refractivity contribution in [1.29, 1.82) is 0 Å². The number of nitrogens with one attached hydrogen (secondary N) is 1. The molecule has 16 heavy (non-hydrogen) atoms. The molecule has 1 fully saturated rings. The van der Waals surface area contributed by atoms with E-state index in [1.807, 2.05) is 11.4 Å². The van der Waals surface area contributed by atoms with Crippen LogP contribution in [-0.2, 0) is 0 Å². The van der Waals surface area contributed by atoms with Crippen LogP contribution in [0.25, 0.3) is 0 Å². The Labute approximate surface area is 99.5 Å². The van der Waals surface area contributed by atoms with Crippen molar-refractivity contribution in [2.45, 2.75) is 31.7 Å². The van der Waals surface area contributed by atoms with Crippen LogP contribution in [-0.4, -0.2) is 19.0 Å². The van der Waals surface area contributed by atoms with Crippen molar-refractivity contribution in [2.24, 2.45) is 10.8 Å². The molecule has 0 aliphatic heterocycles. The van der Waals surface area contributed by atoms with Crippen LogP contribution in [0.5, 0.6) is 5.75 Å². The highest BCUT2D eigenvalue weighted by Gasteiger charge is 2.15. The fraction of sp³-hybridized carbons (Fsp3) is 0.545. The molecular formula is C11H17N3OS. The molecule has 4 nitrogen and oxygen atoms in total. The van der Waals surface area contributed by atoms with Crippen molar-refractivity contribution in [3.05, 3.63) is 16.3 Å². The first-order valence-corrected chi connectivity index (χ1v) is 6.38. The number of amidine groups is 1. The van der Waals surface area contributed by atoms with Crippen molar-refractivity contribution < 1.29 is 4.74 Å². The highest BCUT2D eigenvalue weighted by molar-refractivity contribution is 7.12. The van der Waals surface area contributed by atoms with Crippen LogP contribution in [0.2, 0.25) is 0 Å². The fourth-order valence-corrected chi connectivity index (χ4v) is 2.75. The zero-order valence-corrected chi connectivity index (χ0v) is 10.2. The molecule has 2 rings (SSSR count). The van der Waals surface area contributed by atoms with E-state index in [1.165, 1.54) is 25.7 Å². The number of thiophene rings is 1. The average molecular weight is 239 g/mol. The standard InChI is InChI=1S/C11H17N3OS/c1-15-9-6-10(16-7-9)11(14-12)13-8-4-2-3-5-8/h6-8H,2-5,12H2,1H3,(H,13,14). The molecule has 3 N–H and O–H groups in total. The lowest BCUT2D eigenvalue weighted by Crippen LogP contribution is -2.31. The maximum atomic E-state index is 5.52. The lowest BCUT2D eigenvalue weighted by Gasteiger charge is -2.07. The average Bonchev–Trinajstić information content (AvgIpc) is 2.96. The van der Waals surface area contributed by atoms with Gasteiger partial charge in [-0.2, -0.15) is 0 Å². The first-order chi connectivity index (χ1) is 7.83. The van der Waals surface area contributed by atoms with Gasteiger partial charge in [-0.15, -0.1) is 11.3 Å². The minimum absolute atomic E-state index is 0.430. The molecule has 0 atom stereocenters. The second kappa shape index (κ2) is 5.32. The second-order valence-electron chi connectivity index (χ2n) is 3.91. The topological polar surface area (TPSA) is 59.6 Å². The molecule has 1 aromatic heterocycles. The zero-order valence-electron chi connectivity index (χ0n) is 9.40. The molecule has 0 aromatic carbocycles. The predicted octanol–water partition coefficient (Wildman–Crippen LogP) is 1.91. The van der Waals surface area contributed by atoms with Gasteiger partial charge in [0.05, 0.1) is 18.0 Å². The molecule has 1 saturated carbocycles. The number of ether oxygens (including phenoxy) is 1. The summed E-state index contributed by atoms with van der Waals surface area (Å²) < 4.78 is 5.15. The van der Waals surface area contributed by atoms with Crippen molar-refractivity contribution >= 4 is 17.2 Å². The lowest BCUT2D eigenvalue weighted by atomic mass is 10.2. The van der Waals surface area contributed by atoms with Crippen LogP contribution in [0.1, 0.15) is 30.6 Å². The highest BCUT2D eigenvalue weighted by Crippen LogP contribution is 2.24. The Bertz CT molecular complexity index is 369. The molecule has 88 valence electrons. The zero-order chi connectivity index (χ0) is 11.4. The van der Waals surface area contributed by atoms with Gasteiger partial charge in [-0.1, -0.05) is 12.8 Å². The summed E-state index contributed by atoms with van der Waals surface area (Å²) in [7, 11) is 1.66. The Morgan fingerprint density at radius 2 is 2.31 bits per heavy atom. The molecule has 1 aromatic rings. The van der Waals surface area contributed by atoms with Crippen molar-refractivity contribution in [1.82, 2.24) is 5.43 Å². The normalized spacial score (nSPS) is 17.8. The van der Waals surface area contributed by atoms with Crippen molar-refractivity contribution in [2.75, 3.05) is 7.11 Å².